The molecule has 0 aromatic heterocycles. The Hall–Kier alpha value is -2.70. The highest BCUT2D eigenvalue weighted by molar-refractivity contribution is 7.89. The standard InChI is InChI=1S/C22H22N2O3S/c1-16-13-19-9-5-6-10-21(19)24(16)22(25)15-23(2)28(26,27)20-12-11-17-7-3-4-8-18(17)14-20/h3-12,14,16H,13,15H2,1-2H3/t16-/m0/s1. The van der Waals surface area contributed by atoms with Gasteiger partial charge in [-0.2, -0.15) is 4.31 Å². The van der Waals surface area contributed by atoms with Crippen molar-refractivity contribution in [3.8, 4) is 0 Å². The van der Waals surface area contributed by atoms with Crippen LogP contribution in [0, 0.1) is 0 Å². The topological polar surface area (TPSA) is 57.7 Å². The van der Waals surface area contributed by atoms with Crippen LogP contribution in [0.25, 0.3) is 10.8 Å². The van der Waals surface area contributed by atoms with Gasteiger partial charge in [0.2, 0.25) is 15.9 Å². The third kappa shape index (κ3) is 3.19. The highest BCUT2D eigenvalue weighted by Crippen LogP contribution is 2.32. The zero-order chi connectivity index (χ0) is 19.9. The number of carbonyl (C=O) groups excluding carboxylic acids is 1. The van der Waals surface area contributed by atoms with E-state index in [1.807, 2.05) is 55.5 Å². The van der Waals surface area contributed by atoms with Crippen LogP contribution in [-0.4, -0.2) is 38.3 Å². The van der Waals surface area contributed by atoms with Crippen LogP contribution >= 0.6 is 0 Å². The van der Waals surface area contributed by atoms with Crippen molar-refractivity contribution in [2.24, 2.45) is 0 Å². The number of fused-ring (bicyclic) bond motifs is 2. The number of para-hydroxylation sites is 1. The van der Waals surface area contributed by atoms with Gasteiger partial charge in [-0.25, -0.2) is 8.42 Å². The summed E-state index contributed by atoms with van der Waals surface area (Å²) in [7, 11) is -2.31. The Morgan fingerprint density at radius 3 is 2.50 bits per heavy atom. The molecule has 3 aromatic rings. The van der Waals surface area contributed by atoms with Gasteiger partial charge in [-0.3, -0.25) is 4.79 Å². The Morgan fingerprint density at radius 1 is 1.04 bits per heavy atom. The molecule has 0 fully saturated rings. The molecule has 6 heteroatoms. The first-order valence-electron chi connectivity index (χ1n) is 9.23. The Bertz CT molecular complexity index is 1160. The summed E-state index contributed by atoms with van der Waals surface area (Å²) >= 11 is 0. The van der Waals surface area contributed by atoms with E-state index in [0.717, 1.165) is 32.7 Å². The van der Waals surface area contributed by atoms with Crippen LogP contribution < -0.4 is 4.90 Å². The van der Waals surface area contributed by atoms with E-state index >= 15 is 0 Å². The number of amides is 1. The van der Waals surface area contributed by atoms with Crippen LogP contribution in [0.3, 0.4) is 0 Å². The summed E-state index contributed by atoms with van der Waals surface area (Å²) in [6, 6.07) is 20.4. The first-order chi connectivity index (χ1) is 13.4. The van der Waals surface area contributed by atoms with Crippen LogP contribution in [0.5, 0.6) is 0 Å². The Balaban J connectivity index is 1.58. The van der Waals surface area contributed by atoms with Crippen LogP contribution in [-0.2, 0) is 21.2 Å². The number of likely N-dealkylation sites (N-methyl/N-ethyl adjacent to an activating group) is 1. The number of benzene rings is 3. The van der Waals surface area contributed by atoms with E-state index in [0.29, 0.717) is 0 Å². The lowest BCUT2D eigenvalue weighted by Gasteiger charge is -2.25. The Kier molecular flexibility index (Phi) is 4.69. The highest BCUT2D eigenvalue weighted by atomic mass is 32.2. The molecule has 28 heavy (non-hydrogen) atoms. The molecule has 3 aromatic carbocycles. The van der Waals surface area contributed by atoms with Gasteiger partial charge in [-0.05, 0) is 47.9 Å². The summed E-state index contributed by atoms with van der Waals surface area (Å²) in [5.74, 6) is -0.218. The van der Waals surface area contributed by atoms with E-state index in [1.165, 1.54) is 7.05 Å². The van der Waals surface area contributed by atoms with E-state index in [9.17, 15) is 13.2 Å². The molecule has 1 atom stereocenters. The summed E-state index contributed by atoms with van der Waals surface area (Å²) in [5, 5.41) is 1.83. The number of hydrogen-bond donors (Lipinski definition) is 0. The first kappa shape index (κ1) is 18.7. The minimum Gasteiger partial charge on any atom is -0.308 e. The zero-order valence-electron chi connectivity index (χ0n) is 15.9. The van der Waals surface area contributed by atoms with E-state index in [1.54, 1.807) is 23.1 Å². The summed E-state index contributed by atoms with van der Waals surface area (Å²) < 4.78 is 27.1. The lowest BCUT2D eigenvalue weighted by Crippen LogP contribution is -2.43. The molecule has 0 unspecified atom stereocenters. The number of carbonyl (C=O) groups is 1. The average molecular weight is 394 g/mol. The number of nitrogens with zero attached hydrogens (tertiary/aromatic N) is 2. The third-order valence-electron chi connectivity index (χ3n) is 5.26. The molecule has 0 saturated carbocycles. The largest absolute Gasteiger partial charge is 0.308 e. The van der Waals surface area contributed by atoms with Crippen molar-refractivity contribution >= 4 is 32.4 Å². The van der Waals surface area contributed by atoms with Crippen LogP contribution in [0.4, 0.5) is 5.69 Å². The molecular weight excluding hydrogens is 372 g/mol. The molecule has 144 valence electrons. The molecule has 0 spiro atoms. The molecule has 1 amide bonds. The number of anilines is 1. The molecule has 1 aliphatic heterocycles. The molecule has 1 heterocycles. The minimum absolute atomic E-state index is 0.0154. The lowest BCUT2D eigenvalue weighted by atomic mass is 10.1. The van der Waals surface area contributed by atoms with Crippen LogP contribution in [0.15, 0.2) is 71.6 Å². The number of sulfonamides is 1. The third-order valence-corrected chi connectivity index (χ3v) is 7.06. The van der Waals surface area contributed by atoms with Gasteiger partial charge in [-0.1, -0.05) is 48.5 Å². The molecule has 0 radical (unpaired) electrons. The van der Waals surface area contributed by atoms with Gasteiger partial charge in [0.25, 0.3) is 0 Å². The predicted molar refractivity (Wildman–Crippen MR) is 111 cm³/mol. The molecule has 1 aliphatic rings. The maximum absolute atomic E-state index is 13.0. The molecule has 0 bridgehead atoms. The van der Waals surface area contributed by atoms with Gasteiger partial charge in [-0.15, -0.1) is 0 Å². The van der Waals surface area contributed by atoms with Crippen LogP contribution in [0.1, 0.15) is 12.5 Å². The molecular formula is C22H22N2O3S. The van der Waals surface area contributed by atoms with Crippen molar-refractivity contribution in [1.82, 2.24) is 4.31 Å². The monoisotopic (exact) mass is 394 g/mol. The Labute approximate surface area is 165 Å². The molecule has 0 saturated heterocycles. The molecule has 0 aliphatic carbocycles. The van der Waals surface area contributed by atoms with E-state index in [2.05, 4.69) is 0 Å². The average Bonchev–Trinajstić information content (AvgIpc) is 3.03. The van der Waals surface area contributed by atoms with Crippen molar-refractivity contribution in [2.45, 2.75) is 24.3 Å². The summed E-state index contributed by atoms with van der Waals surface area (Å²) in [5.41, 5.74) is 1.99. The normalized spacial score (nSPS) is 16.5. The van der Waals surface area contributed by atoms with Crippen LogP contribution in [0.2, 0.25) is 0 Å². The fourth-order valence-electron chi connectivity index (χ4n) is 3.81. The van der Waals surface area contributed by atoms with E-state index < -0.39 is 10.0 Å². The van der Waals surface area contributed by atoms with Crippen molar-refractivity contribution < 1.29 is 13.2 Å². The summed E-state index contributed by atoms with van der Waals surface area (Å²) in [6.07, 6.45) is 0.781. The maximum Gasteiger partial charge on any atom is 0.243 e. The second-order valence-electron chi connectivity index (χ2n) is 7.22. The summed E-state index contributed by atoms with van der Waals surface area (Å²) in [6.45, 7) is 1.78. The fourth-order valence-corrected chi connectivity index (χ4v) is 4.96. The van der Waals surface area contributed by atoms with Gasteiger partial charge >= 0.3 is 0 Å². The van der Waals surface area contributed by atoms with E-state index in [-0.39, 0.29) is 23.4 Å². The zero-order valence-corrected chi connectivity index (χ0v) is 16.7. The minimum atomic E-state index is -3.76. The van der Waals surface area contributed by atoms with Gasteiger partial charge < -0.3 is 4.90 Å². The Morgan fingerprint density at radius 2 is 1.71 bits per heavy atom. The summed E-state index contributed by atoms with van der Waals surface area (Å²) in [4.78, 5) is 14.8. The maximum atomic E-state index is 13.0. The quantitative estimate of drug-likeness (QED) is 0.681. The van der Waals surface area contributed by atoms with Crippen molar-refractivity contribution in [2.75, 3.05) is 18.5 Å². The number of hydrogen-bond acceptors (Lipinski definition) is 3. The van der Waals surface area contributed by atoms with Gasteiger partial charge in [0, 0.05) is 18.8 Å². The van der Waals surface area contributed by atoms with Crippen molar-refractivity contribution in [3.05, 3.63) is 72.3 Å². The van der Waals surface area contributed by atoms with Gasteiger partial charge in [0.15, 0.2) is 0 Å². The molecule has 5 nitrogen and oxygen atoms in total. The molecule has 0 N–H and O–H groups in total. The lowest BCUT2D eigenvalue weighted by molar-refractivity contribution is -0.118. The fraction of sp³-hybridized carbons (Fsp3) is 0.227. The number of rotatable bonds is 4. The van der Waals surface area contributed by atoms with Crippen molar-refractivity contribution in [3.63, 3.8) is 0 Å². The van der Waals surface area contributed by atoms with E-state index in [4.69, 9.17) is 0 Å². The smallest absolute Gasteiger partial charge is 0.243 e. The second-order valence-corrected chi connectivity index (χ2v) is 9.26. The predicted octanol–water partition coefficient (Wildman–Crippen LogP) is 3.44. The SMILES string of the molecule is C[C@H]1Cc2ccccc2N1C(=O)CN(C)S(=O)(=O)c1ccc2ccccc2c1. The second kappa shape index (κ2) is 7.04. The van der Waals surface area contributed by atoms with Gasteiger partial charge in [0.05, 0.1) is 11.4 Å². The van der Waals surface area contributed by atoms with Gasteiger partial charge in [0.1, 0.15) is 0 Å². The highest BCUT2D eigenvalue weighted by Gasteiger charge is 2.33. The molecule has 4 rings (SSSR count). The van der Waals surface area contributed by atoms with Crippen molar-refractivity contribution in [1.29, 1.82) is 0 Å². The first-order valence-corrected chi connectivity index (χ1v) is 10.7.